The second-order valence-electron chi connectivity index (χ2n) is 5.88. The summed E-state index contributed by atoms with van der Waals surface area (Å²) in [5.41, 5.74) is 0.845. The molecular formula is C17H20N4O2. The number of nitrogens with one attached hydrogen (secondary N) is 1. The van der Waals surface area contributed by atoms with Gasteiger partial charge < -0.3 is 10.2 Å². The van der Waals surface area contributed by atoms with Gasteiger partial charge in [-0.2, -0.15) is 5.10 Å². The molecule has 1 aromatic heterocycles. The molecule has 1 N–H and O–H groups in total. The van der Waals surface area contributed by atoms with Gasteiger partial charge >= 0.3 is 0 Å². The van der Waals surface area contributed by atoms with Crippen molar-refractivity contribution in [2.75, 3.05) is 11.4 Å². The summed E-state index contributed by atoms with van der Waals surface area (Å²) in [4.78, 5) is 26.2. The second-order valence-corrected chi connectivity index (χ2v) is 5.88. The third kappa shape index (κ3) is 3.59. The average molecular weight is 312 g/mol. The van der Waals surface area contributed by atoms with Crippen molar-refractivity contribution in [1.82, 2.24) is 15.1 Å². The fourth-order valence-electron chi connectivity index (χ4n) is 2.84. The lowest BCUT2D eigenvalue weighted by molar-refractivity contribution is -0.126. The molecule has 0 aliphatic carbocycles. The van der Waals surface area contributed by atoms with Crippen LogP contribution in [0.2, 0.25) is 0 Å². The minimum absolute atomic E-state index is 0.00363. The van der Waals surface area contributed by atoms with Gasteiger partial charge in [-0.25, -0.2) is 0 Å². The number of carbonyl (C=O) groups excluding carboxylic acids is 2. The molecular weight excluding hydrogens is 292 g/mol. The molecule has 1 saturated heterocycles. The molecule has 3 rings (SSSR count). The van der Waals surface area contributed by atoms with E-state index >= 15 is 0 Å². The van der Waals surface area contributed by atoms with E-state index in [-0.39, 0.29) is 30.2 Å². The zero-order chi connectivity index (χ0) is 16.2. The molecule has 6 heteroatoms. The van der Waals surface area contributed by atoms with Crippen LogP contribution in [0.3, 0.4) is 0 Å². The van der Waals surface area contributed by atoms with Crippen molar-refractivity contribution in [1.29, 1.82) is 0 Å². The van der Waals surface area contributed by atoms with Crippen LogP contribution in [0.4, 0.5) is 5.69 Å². The van der Waals surface area contributed by atoms with Gasteiger partial charge in [0.2, 0.25) is 11.8 Å². The van der Waals surface area contributed by atoms with E-state index in [1.165, 1.54) is 0 Å². The van der Waals surface area contributed by atoms with Crippen LogP contribution < -0.4 is 10.2 Å². The Morgan fingerprint density at radius 3 is 2.83 bits per heavy atom. The molecule has 120 valence electrons. The Morgan fingerprint density at radius 2 is 2.13 bits per heavy atom. The summed E-state index contributed by atoms with van der Waals surface area (Å²) >= 11 is 0. The number of nitrogens with zero attached hydrogens (tertiary/aromatic N) is 3. The number of rotatable bonds is 5. The monoisotopic (exact) mass is 312 g/mol. The van der Waals surface area contributed by atoms with Crippen LogP contribution >= 0.6 is 0 Å². The summed E-state index contributed by atoms with van der Waals surface area (Å²) in [5, 5.41) is 7.10. The number of para-hydroxylation sites is 1. The predicted molar refractivity (Wildman–Crippen MR) is 86.7 cm³/mol. The van der Waals surface area contributed by atoms with Crippen molar-refractivity contribution in [2.45, 2.75) is 25.9 Å². The highest BCUT2D eigenvalue weighted by atomic mass is 16.2. The Bertz CT molecular complexity index is 669. The van der Waals surface area contributed by atoms with Gasteiger partial charge in [0.15, 0.2) is 0 Å². The van der Waals surface area contributed by atoms with Crippen LogP contribution in [-0.4, -0.2) is 34.2 Å². The molecule has 0 spiro atoms. The molecule has 6 nitrogen and oxygen atoms in total. The van der Waals surface area contributed by atoms with Gasteiger partial charge in [-0.15, -0.1) is 0 Å². The molecule has 23 heavy (non-hydrogen) atoms. The van der Waals surface area contributed by atoms with Gasteiger partial charge in [-0.3, -0.25) is 14.3 Å². The van der Waals surface area contributed by atoms with Crippen molar-refractivity contribution in [3.63, 3.8) is 0 Å². The average Bonchev–Trinajstić information content (AvgIpc) is 3.17. The van der Waals surface area contributed by atoms with Crippen LogP contribution in [0.15, 0.2) is 48.8 Å². The Kier molecular flexibility index (Phi) is 4.41. The Labute approximate surface area is 135 Å². The van der Waals surface area contributed by atoms with Crippen molar-refractivity contribution in [3.05, 3.63) is 48.8 Å². The van der Waals surface area contributed by atoms with Gasteiger partial charge in [0.1, 0.15) is 0 Å². The topological polar surface area (TPSA) is 67.2 Å². The minimum Gasteiger partial charge on any atom is -0.351 e. The number of benzene rings is 1. The summed E-state index contributed by atoms with van der Waals surface area (Å²) < 4.78 is 1.78. The number of hydrogen-bond donors (Lipinski definition) is 1. The number of aromatic nitrogens is 2. The molecule has 1 fully saturated rings. The second kappa shape index (κ2) is 6.64. The molecule has 2 atom stereocenters. The molecule has 0 unspecified atom stereocenters. The molecule has 0 bridgehead atoms. The zero-order valence-electron chi connectivity index (χ0n) is 13.1. The molecule has 1 aliphatic rings. The van der Waals surface area contributed by atoms with Gasteiger partial charge in [0, 0.05) is 37.1 Å². The predicted octanol–water partition coefficient (Wildman–Crippen LogP) is 1.44. The van der Waals surface area contributed by atoms with Crippen LogP contribution in [0, 0.1) is 5.92 Å². The third-order valence-electron chi connectivity index (χ3n) is 3.97. The Balaban J connectivity index is 1.57. The zero-order valence-corrected chi connectivity index (χ0v) is 13.1. The van der Waals surface area contributed by atoms with Gasteiger partial charge in [-0.05, 0) is 25.1 Å². The highest BCUT2D eigenvalue weighted by Crippen LogP contribution is 2.24. The first-order valence-electron chi connectivity index (χ1n) is 7.76. The lowest BCUT2D eigenvalue weighted by Crippen LogP contribution is -2.40. The first kappa shape index (κ1) is 15.3. The third-order valence-corrected chi connectivity index (χ3v) is 3.97. The van der Waals surface area contributed by atoms with Gasteiger partial charge in [0.05, 0.1) is 12.5 Å². The molecule has 1 aromatic carbocycles. The van der Waals surface area contributed by atoms with Crippen molar-refractivity contribution >= 4 is 17.5 Å². The van der Waals surface area contributed by atoms with Crippen molar-refractivity contribution in [2.24, 2.45) is 5.92 Å². The maximum atomic E-state index is 12.4. The molecule has 0 radical (unpaired) electrons. The van der Waals surface area contributed by atoms with E-state index in [0.717, 1.165) is 5.69 Å². The highest BCUT2D eigenvalue weighted by Gasteiger charge is 2.35. The van der Waals surface area contributed by atoms with E-state index in [1.807, 2.05) is 49.5 Å². The normalized spacial score (nSPS) is 18.9. The fraction of sp³-hybridized carbons (Fsp3) is 0.353. The van der Waals surface area contributed by atoms with E-state index in [2.05, 4.69) is 10.4 Å². The number of anilines is 1. The molecule has 2 heterocycles. The van der Waals surface area contributed by atoms with E-state index in [0.29, 0.717) is 13.1 Å². The smallest absolute Gasteiger partial charge is 0.227 e. The summed E-state index contributed by atoms with van der Waals surface area (Å²) in [5.74, 6) is -0.379. The largest absolute Gasteiger partial charge is 0.351 e. The summed E-state index contributed by atoms with van der Waals surface area (Å²) in [7, 11) is 0. The number of carbonyl (C=O) groups is 2. The Morgan fingerprint density at radius 1 is 1.35 bits per heavy atom. The van der Waals surface area contributed by atoms with Crippen LogP contribution in [0.1, 0.15) is 13.3 Å². The highest BCUT2D eigenvalue weighted by molar-refractivity contribution is 6.00. The maximum Gasteiger partial charge on any atom is 0.227 e. The van der Waals surface area contributed by atoms with Gasteiger partial charge in [-0.1, -0.05) is 18.2 Å². The van der Waals surface area contributed by atoms with E-state index < -0.39 is 0 Å². The molecule has 2 aromatic rings. The van der Waals surface area contributed by atoms with E-state index in [4.69, 9.17) is 0 Å². The molecule has 1 aliphatic heterocycles. The Hall–Kier alpha value is -2.63. The van der Waals surface area contributed by atoms with Crippen LogP contribution in [0.5, 0.6) is 0 Å². The maximum absolute atomic E-state index is 12.4. The standard InChI is InChI=1S/C17H20N4O2/c1-13(11-20-9-5-8-18-20)19-17(23)14-10-16(22)21(12-14)15-6-3-2-4-7-15/h2-9,13-14H,10-12H2,1H3,(H,19,23)/t13-,14+/m1/s1. The van der Waals surface area contributed by atoms with Crippen LogP contribution in [0.25, 0.3) is 0 Å². The van der Waals surface area contributed by atoms with Crippen molar-refractivity contribution in [3.8, 4) is 0 Å². The van der Waals surface area contributed by atoms with E-state index in [9.17, 15) is 9.59 Å². The molecule has 0 saturated carbocycles. The van der Waals surface area contributed by atoms with Crippen LogP contribution in [-0.2, 0) is 16.1 Å². The molecule has 2 amide bonds. The summed E-state index contributed by atoms with van der Waals surface area (Å²) in [6.45, 7) is 2.98. The number of amides is 2. The first-order valence-corrected chi connectivity index (χ1v) is 7.76. The lowest BCUT2D eigenvalue weighted by Gasteiger charge is -2.18. The minimum atomic E-state index is -0.303. The fourth-order valence-corrected chi connectivity index (χ4v) is 2.84. The van der Waals surface area contributed by atoms with Crippen molar-refractivity contribution < 1.29 is 9.59 Å². The van der Waals surface area contributed by atoms with E-state index in [1.54, 1.807) is 15.8 Å². The lowest BCUT2D eigenvalue weighted by atomic mass is 10.1. The number of hydrogen-bond acceptors (Lipinski definition) is 3. The SMILES string of the molecule is C[C@H](Cn1cccn1)NC(=O)[C@H]1CC(=O)N(c2ccccc2)C1. The summed E-state index contributed by atoms with van der Waals surface area (Å²) in [6.07, 6.45) is 3.83. The quantitative estimate of drug-likeness (QED) is 0.908. The first-order chi connectivity index (χ1) is 11.1. The van der Waals surface area contributed by atoms with Gasteiger partial charge in [0.25, 0.3) is 0 Å². The summed E-state index contributed by atoms with van der Waals surface area (Å²) in [6, 6.07) is 11.3.